The Hall–Kier alpha value is -2.96. The van der Waals surface area contributed by atoms with Gasteiger partial charge in [0.05, 0.1) is 33.6 Å². The first-order valence-electron chi connectivity index (χ1n) is 9.07. The molecule has 3 aromatic rings. The van der Waals surface area contributed by atoms with E-state index < -0.39 is 15.7 Å². The van der Waals surface area contributed by atoms with Crippen molar-refractivity contribution >= 4 is 20.7 Å². The van der Waals surface area contributed by atoms with E-state index in [-0.39, 0.29) is 22.4 Å². The van der Waals surface area contributed by atoms with E-state index >= 15 is 0 Å². The van der Waals surface area contributed by atoms with Crippen molar-refractivity contribution in [3.8, 4) is 17.6 Å². The molecule has 2 aromatic carbocycles. The number of benzene rings is 2. The minimum Gasteiger partial charge on any atom is -0.456 e. The fourth-order valence-electron chi connectivity index (χ4n) is 3.44. The number of sulfone groups is 1. The fourth-order valence-corrected chi connectivity index (χ4v) is 4.31. The van der Waals surface area contributed by atoms with E-state index in [1.54, 1.807) is 4.68 Å². The normalized spacial score (nSPS) is 17.2. The average molecular weight is 415 g/mol. The van der Waals surface area contributed by atoms with Crippen LogP contribution in [0.2, 0.25) is 0 Å². The lowest BCUT2D eigenvalue weighted by Crippen LogP contribution is -2.19. The first-order valence-corrected chi connectivity index (χ1v) is 11.0. The minimum atomic E-state index is -3.54. The second-order valence-corrected chi connectivity index (χ2v) is 8.88. The molecule has 7 nitrogen and oxygen atoms in total. The minimum absolute atomic E-state index is 0.114. The van der Waals surface area contributed by atoms with Crippen molar-refractivity contribution in [2.24, 2.45) is 0 Å². The second kappa shape index (κ2) is 7.46. The van der Waals surface area contributed by atoms with Gasteiger partial charge in [-0.05, 0) is 43.5 Å². The van der Waals surface area contributed by atoms with Crippen LogP contribution in [0.3, 0.4) is 0 Å². The van der Waals surface area contributed by atoms with E-state index in [9.17, 15) is 12.8 Å². The lowest BCUT2D eigenvalue weighted by atomic mass is 10.2. The highest BCUT2D eigenvalue weighted by molar-refractivity contribution is 7.91. The Morgan fingerprint density at radius 2 is 2.14 bits per heavy atom. The molecule has 0 aliphatic carbocycles. The smallest absolute Gasteiger partial charge is 0.177 e. The molecule has 1 aromatic heterocycles. The molecular formula is C20H18FN3O4S. The molecule has 1 aliphatic heterocycles. The standard InChI is InChI=1S/C20H18FN3O4S/c1-29(25,26)18-6-5-17(28-15-9-13(11-22)8-14(21)10-15)16-12-23-24(20(16)18)19-4-2-3-7-27-19/h5-6,8-10,12,19H,2-4,7H2,1H3. The van der Waals surface area contributed by atoms with Gasteiger partial charge in [-0.1, -0.05) is 0 Å². The Kier molecular flexibility index (Phi) is 4.98. The van der Waals surface area contributed by atoms with Gasteiger partial charge in [0.1, 0.15) is 17.3 Å². The predicted octanol–water partition coefficient (Wildman–Crippen LogP) is 3.94. The van der Waals surface area contributed by atoms with Gasteiger partial charge in [-0.3, -0.25) is 0 Å². The third-order valence-corrected chi connectivity index (χ3v) is 5.86. The van der Waals surface area contributed by atoms with Gasteiger partial charge in [0, 0.05) is 18.9 Å². The lowest BCUT2D eigenvalue weighted by molar-refractivity contribution is -0.0368. The Morgan fingerprint density at radius 1 is 1.31 bits per heavy atom. The maximum atomic E-state index is 13.8. The Morgan fingerprint density at radius 3 is 2.83 bits per heavy atom. The predicted molar refractivity (Wildman–Crippen MR) is 103 cm³/mol. The number of fused-ring (bicyclic) bond motifs is 1. The van der Waals surface area contributed by atoms with Gasteiger partial charge in [-0.25, -0.2) is 17.5 Å². The summed E-state index contributed by atoms with van der Waals surface area (Å²) in [6.45, 7) is 0.580. The van der Waals surface area contributed by atoms with Gasteiger partial charge in [0.2, 0.25) is 0 Å². The molecule has 150 valence electrons. The number of ether oxygens (including phenoxy) is 2. The number of hydrogen-bond donors (Lipinski definition) is 0. The van der Waals surface area contributed by atoms with Gasteiger partial charge in [-0.2, -0.15) is 10.4 Å². The van der Waals surface area contributed by atoms with E-state index in [1.807, 2.05) is 6.07 Å². The van der Waals surface area contributed by atoms with E-state index in [4.69, 9.17) is 14.7 Å². The van der Waals surface area contributed by atoms with Crippen molar-refractivity contribution in [1.29, 1.82) is 5.26 Å². The SMILES string of the molecule is CS(=O)(=O)c1ccc(Oc2cc(F)cc(C#N)c2)c2cnn(C3CCCCO3)c12. The molecule has 1 atom stereocenters. The number of aromatic nitrogens is 2. The van der Waals surface area contributed by atoms with Crippen molar-refractivity contribution in [3.05, 3.63) is 47.9 Å². The maximum Gasteiger partial charge on any atom is 0.177 e. The molecule has 1 unspecified atom stereocenters. The van der Waals surface area contributed by atoms with Crippen LogP contribution in [0.25, 0.3) is 10.9 Å². The van der Waals surface area contributed by atoms with E-state index in [1.165, 1.54) is 24.4 Å². The van der Waals surface area contributed by atoms with Crippen molar-refractivity contribution < 1.29 is 22.3 Å². The third-order valence-electron chi connectivity index (χ3n) is 4.74. The molecule has 0 spiro atoms. The van der Waals surface area contributed by atoms with Crippen molar-refractivity contribution in [2.45, 2.75) is 30.4 Å². The number of rotatable bonds is 4. The summed E-state index contributed by atoms with van der Waals surface area (Å²) in [5.74, 6) is -0.157. The molecule has 2 heterocycles. The van der Waals surface area contributed by atoms with Crippen molar-refractivity contribution in [3.63, 3.8) is 0 Å². The molecule has 0 bridgehead atoms. The summed E-state index contributed by atoms with van der Waals surface area (Å²) in [4.78, 5) is 0.114. The lowest BCUT2D eigenvalue weighted by Gasteiger charge is -2.24. The van der Waals surface area contributed by atoms with E-state index in [2.05, 4.69) is 5.10 Å². The van der Waals surface area contributed by atoms with E-state index in [0.717, 1.165) is 37.7 Å². The topological polar surface area (TPSA) is 94.2 Å². The van der Waals surface area contributed by atoms with Gasteiger partial charge < -0.3 is 9.47 Å². The summed E-state index contributed by atoms with van der Waals surface area (Å²) >= 11 is 0. The molecule has 0 N–H and O–H groups in total. The molecule has 0 radical (unpaired) electrons. The van der Waals surface area contributed by atoms with Crippen LogP contribution in [-0.4, -0.2) is 31.1 Å². The molecule has 0 amide bonds. The van der Waals surface area contributed by atoms with Crippen LogP contribution in [0.1, 0.15) is 31.1 Å². The van der Waals surface area contributed by atoms with Gasteiger partial charge in [0.25, 0.3) is 0 Å². The Labute approximate surface area is 167 Å². The van der Waals surface area contributed by atoms with Crippen LogP contribution in [-0.2, 0) is 14.6 Å². The molecule has 1 aliphatic rings. The summed E-state index contributed by atoms with van der Waals surface area (Å²) in [7, 11) is -3.54. The molecule has 29 heavy (non-hydrogen) atoms. The highest BCUT2D eigenvalue weighted by Crippen LogP contribution is 2.37. The maximum absolute atomic E-state index is 13.8. The van der Waals surface area contributed by atoms with E-state index in [0.29, 0.717) is 23.3 Å². The monoisotopic (exact) mass is 415 g/mol. The first-order chi connectivity index (χ1) is 13.9. The molecule has 4 rings (SSSR count). The number of halogens is 1. The summed E-state index contributed by atoms with van der Waals surface area (Å²) < 4.78 is 51.7. The van der Waals surface area contributed by atoms with Crippen molar-refractivity contribution in [1.82, 2.24) is 9.78 Å². The van der Waals surface area contributed by atoms with Crippen LogP contribution < -0.4 is 4.74 Å². The average Bonchev–Trinajstić information content (AvgIpc) is 3.13. The van der Waals surface area contributed by atoms with Gasteiger partial charge in [-0.15, -0.1) is 0 Å². The number of hydrogen-bond acceptors (Lipinski definition) is 6. The van der Waals surface area contributed by atoms with Crippen LogP contribution in [0.4, 0.5) is 4.39 Å². The largest absolute Gasteiger partial charge is 0.456 e. The highest BCUT2D eigenvalue weighted by atomic mass is 32.2. The van der Waals surface area contributed by atoms with Crippen LogP contribution >= 0.6 is 0 Å². The molecule has 0 saturated carbocycles. The summed E-state index contributed by atoms with van der Waals surface area (Å²) in [6, 6.07) is 8.50. The third kappa shape index (κ3) is 3.81. The highest BCUT2D eigenvalue weighted by Gasteiger charge is 2.25. The zero-order valence-corrected chi connectivity index (χ0v) is 16.4. The molecule has 1 saturated heterocycles. The molecule has 1 fully saturated rings. The van der Waals surface area contributed by atoms with Gasteiger partial charge in [0.15, 0.2) is 16.1 Å². The van der Waals surface area contributed by atoms with Crippen LogP contribution in [0, 0.1) is 17.1 Å². The Balaban J connectivity index is 1.86. The van der Waals surface area contributed by atoms with Crippen molar-refractivity contribution in [2.75, 3.05) is 12.9 Å². The van der Waals surface area contributed by atoms with Crippen LogP contribution in [0.15, 0.2) is 41.4 Å². The van der Waals surface area contributed by atoms with Gasteiger partial charge >= 0.3 is 0 Å². The summed E-state index contributed by atoms with van der Waals surface area (Å²) in [5, 5.41) is 13.9. The summed E-state index contributed by atoms with van der Waals surface area (Å²) in [5.41, 5.74) is 0.504. The zero-order valence-electron chi connectivity index (χ0n) is 15.6. The fraction of sp³-hybridized carbons (Fsp3) is 0.300. The Bertz CT molecular complexity index is 1220. The quantitative estimate of drug-likeness (QED) is 0.641. The second-order valence-electron chi connectivity index (χ2n) is 6.90. The number of nitriles is 1. The summed E-state index contributed by atoms with van der Waals surface area (Å²) in [6.07, 6.45) is 4.91. The molecular weight excluding hydrogens is 397 g/mol. The zero-order chi connectivity index (χ0) is 20.6. The number of nitrogens with zero attached hydrogens (tertiary/aromatic N) is 3. The molecule has 9 heteroatoms. The first kappa shape index (κ1) is 19.4. The van der Waals surface area contributed by atoms with Crippen LogP contribution in [0.5, 0.6) is 11.5 Å².